The van der Waals surface area contributed by atoms with E-state index in [4.69, 9.17) is 4.74 Å². The van der Waals surface area contributed by atoms with Gasteiger partial charge in [-0.1, -0.05) is 32.0 Å². The number of nitrogens with zero attached hydrogens (tertiary/aromatic N) is 2. The molecule has 0 spiro atoms. The van der Waals surface area contributed by atoms with Crippen molar-refractivity contribution in [3.63, 3.8) is 0 Å². The molecule has 148 valence electrons. The van der Waals surface area contributed by atoms with Crippen LogP contribution >= 0.6 is 0 Å². The van der Waals surface area contributed by atoms with E-state index in [0.717, 1.165) is 13.1 Å². The van der Waals surface area contributed by atoms with E-state index in [0.29, 0.717) is 45.0 Å². The first-order chi connectivity index (χ1) is 12.8. The molecule has 2 saturated heterocycles. The lowest BCUT2D eigenvalue weighted by atomic mass is 9.69. The number of nitrogens with one attached hydrogen (secondary N) is 1. The number of hydrogen-bond donors (Lipinski definition) is 2. The van der Waals surface area contributed by atoms with Gasteiger partial charge in [0.25, 0.3) is 0 Å². The van der Waals surface area contributed by atoms with Gasteiger partial charge in [-0.15, -0.1) is 0 Å². The maximum absolute atomic E-state index is 12.6. The number of para-hydroxylation sites is 1. The summed E-state index contributed by atoms with van der Waals surface area (Å²) in [6, 6.07) is 8.93. The zero-order valence-electron chi connectivity index (χ0n) is 16.1. The average molecular weight is 375 g/mol. The van der Waals surface area contributed by atoms with Crippen molar-refractivity contribution in [3.8, 4) is 0 Å². The molecule has 2 aliphatic heterocycles. The standard InChI is InChI=1S/C20H29N3O4/c1-19(2)14-23(18(25)17(24)21-16-6-4-3-5-7-16)9-8-20(19,26)15-22-10-12-27-13-11-22/h3-7,26H,8-15H2,1-2H3,(H,21,24)/t20-/m1/s1. The molecule has 2 fully saturated rings. The average Bonchev–Trinajstić information content (AvgIpc) is 2.65. The molecule has 0 aromatic heterocycles. The number of likely N-dealkylation sites (tertiary alicyclic amines) is 1. The van der Waals surface area contributed by atoms with Crippen LogP contribution in [0.4, 0.5) is 5.69 Å². The Morgan fingerprint density at radius 1 is 1.15 bits per heavy atom. The number of carbonyl (C=O) groups is 2. The molecule has 1 atom stereocenters. The molecule has 0 unspecified atom stereocenters. The second-order valence-corrected chi connectivity index (χ2v) is 8.10. The van der Waals surface area contributed by atoms with Gasteiger partial charge in [-0.25, -0.2) is 0 Å². The van der Waals surface area contributed by atoms with Crippen molar-refractivity contribution in [2.24, 2.45) is 5.41 Å². The molecule has 1 aromatic carbocycles. The minimum absolute atomic E-state index is 0.342. The van der Waals surface area contributed by atoms with Gasteiger partial charge >= 0.3 is 11.8 Å². The summed E-state index contributed by atoms with van der Waals surface area (Å²) in [7, 11) is 0. The van der Waals surface area contributed by atoms with E-state index in [9.17, 15) is 14.7 Å². The number of aliphatic hydroxyl groups is 1. The van der Waals surface area contributed by atoms with Crippen LogP contribution in [0.5, 0.6) is 0 Å². The summed E-state index contributed by atoms with van der Waals surface area (Å²) in [5.41, 5.74) is -0.834. The SMILES string of the molecule is CC1(C)CN(C(=O)C(=O)Nc2ccccc2)CC[C@@]1(O)CN1CCOCC1. The van der Waals surface area contributed by atoms with Gasteiger partial charge in [-0.3, -0.25) is 14.5 Å². The number of β-amino-alcohol motifs (C(OH)–C–C–N with tert-alkyl or cyclic N) is 1. The van der Waals surface area contributed by atoms with Crippen LogP contribution in [-0.2, 0) is 14.3 Å². The summed E-state index contributed by atoms with van der Waals surface area (Å²) in [5.74, 6) is -1.20. The minimum Gasteiger partial charge on any atom is -0.388 e. The first-order valence-corrected chi connectivity index (χ1v) is 9.49. The number of morpholine rings is 1. The molecule has 27 heavy (non-hydrogen) atoms. The zero-order valence-corrected chi connectivity index (χ0v) is 16.1. The van der Waals surface area contributed by atoms with Crippen molar-refractivity contribution in [3.05, 3.63) is 30.3 Å². The Hall–Kier alpha value is -1.96. The van der Waals surface area contributed by atoms with Crippen LogP contribution in [0.15, 0.2) is 30.3 Å². The van der Waals surface area contributed by atoms with Gasteiger partial charge in [-0.2, -0.15) is 0 Å². The second-order valence-electron chi connectivity index (χ2n) is 8.10. The van der Waals surface area contributed by atoms with Crippen LogP contribution in [-0.4, -0.2) is 78.3 Å². The quantitative estimate of drug-likeness (QED) is 0.769. The molecule has 0 saturated carbocycles. The van der Waals surface area contributed by atoms with Gasteiger partial charge in [0.05, 0.1) is 18.8 Å². The predicted molar refractivity (Wildman–Crippen MR) is 102 cm³/mol. The molecule has 7 nitrogen and oxygen atoms in total. The second kappa shape index (κ2) is 7.96. The molecular weight excluding hydrogens is 346 g/mol. The molecule has 3 rings (SSSR count). The fraction of sp³-hybridized carbons (Fsp3) is 0.600. The van der Waals surface area contributed by atoms with Gasteiger partial charge in [0.2, 0.25) is 0 Å². The van der Waals surface area contributed by atoms with Crippen molar-refractivity contribution in [2.75, 3.05) is 51.3 Å². The van der Waals surface area contributed by atoms with E-state index in [1.54, 1.807) is 29.2 Å². The lowest BCUT2D eigenvalue weighted by molar-refractivity contribution is -0.161. The van der Waals surface area contributed by atoms with Crippen LogP contribution in [0, 0.1) is 5.41 Å². The summed E-state index contributed by atoms with van der Waals surface area (Å²) in [6.45, 7) is 8.16. The lowest BCUT2D eigenvalue weighted by Gasteiger charge is -2.52. The maximum Gasteiger partial charge on any atom is 0.313 e. The van der Waals surface area contributed by atoms with E-state index in [2.05, 4.69) is 10.2 Å². The highest BCUT2D eigenvalue weighted by molar-refractivity contribution is 6.39. The van der Waals surface area contributed by atoms with E-state index in [1.807, 2.05) is 19.9 Å². The summed E-state index contributed by atoms with van der Waals surface area (Å²) in [5, 5.41) is 13.9. The monoisotopic (exact) mass is 375 g/mol. The highest BCUT2D eigenvalue weighted by Crippen LogP contribution is 2.39. The molecule has 2 aliphatic rings. The Balaban J connectivity index is 1.61. The number of hydrogen-bond acceptors (Lipinski definition) is 5. The first-order valence-electron chi connectivity index (χ1n) is 9.49. The van der Waals surface area contributed by atoms with E-state index < -0.39 is 22.8 Å². The van der Waals surface area contributed by atoms with E-state index in [1.165, 1.54) is 0 Å². The van der Waals surface area contributed by atoms with Crippen molar-refractivity contribution >= 4 is 17.5 Å². The Morgan fingerprint density at radius 3 is 2.44 bits per heavy atom. The molecule has 0 bridgehead atoms. The van der Waals surface area contributed by atoms with Crippen molar-refractivity contribution in [2.45, 2.75) is 25.9 Å². The molecule has 2 amide bonds. The third-order valence-corrected chi connectivity index (χ3v) is 5.74. The topological polar surface area (TPSA) is 82.1 Å². The molecule has 7 heteroatoms. The molecule has 0 radical (unpaired) electrons. The number of rotatable bonds is 3. The summed E-state index contributed by atoms with van der Waals surface area (Å²) < 4.78 is 5.38. The maximum atomic E-state index is 12.6. The highest BCUT2D eigenvalue weighted by Gasteiger charge is 2.49. The Kier molecular flexibility index (Phi) is 5.83. The fourth-order valence-corrected chi connectivity index (χ4v) is 3.81. The van der Waals surface area contributed by atoms with Gasteiger partial charge in [-0.05, 0) is 18.6 Å². The summed E-state index contributed by atoms with van der Waals surface area (Å²) in [6.07, 6.45) is 0.446. The fourth-order valence-electron chi connectivity index (χ4n) is 3.81. The van der Waals surface area contributed by atoms with Crippen molar-refractivity contribution in [1.82, 2.24) is 9.80 Å². The van der Waals surface area contributed by atoms with E-state index in [-0.39, 0.29) is 0 Å². The Bertz CT molecular complexity index is 673. The lowest BCUT2D eigenvalue weighted by Crippen LogP contribution is -2.64. The molecule has 0 aliphatic carbocycles. The molecule has 1 aromatic rings. The zero-order chi connectivity index (χ0) is 19.5. The first kappa shape index (κ1) is 19.8. The molecule has 2 N–H and O–H groups in total. The van der Waals surface area contributed by atoms with Crippen LogP contribution in [0.25, 0.3) is 0 Å². The Labute approximate surface area is 160 Å². The normalized spacial score (nSPS) is 25.8. The number of benzene rings is 1. The van der Waals surface area contributed by atoms with Gasteiger partial charge in [0.1, 0.15) is 0 Å². The van der Waals surface area contributed by atoms with Crippen LogP contribution in [0.1, 0.15) is 20.3 Å². The van der Waals surface area contributed by atoms with Crippen molar-refractivity contribution in [1.29, 1.82) is 0 Å². The highest BCUT2D eigenvalue weighted by atomic mass is 16.5. The third-order valence-electron chi connectivity index (χ3n) is 5.74. The van der Waals surface area contributed by atoms with Crippen LogP contribution in [0.3, 0.4) is 0 Å². The summed E-state index contributed by atoms with van der Waals surface area (Å²) in [4.78, 5) is 28.7. The molecule has 2 heterocycles. The summed E-state index contributed by atoms with van der Waals surface area (Å²) >= 11 is 0. The molecular formula is C20H29N3O4. The van der Waals surface area contributed by atoms with Gasteiger partial charge in [0, 0.05) is 43.8 Å². The minimum atomic E-state index is -0.906. The number of piperidine rings is 1. The van der Waals surface area contributed by atoms with Gasteiger partial charge < -0.3 is 20.1 Å². The number of anilines is 1. The van der Waals surface area contributed by atoms with Crippen LogP contribution < -0.4 is 5.32 Å². The van der Waals surface area contributed by atoms with Gasteiger partial charge in [0.15, 0.2) is 0 Å². The Morgan fingerprint density at radius 2 is 1.81 bits per heavy atom. The largest absolute Gasteiger partial charge is 0.388 e. The van der Waals surface area contributed by atoms with Crippen molar-refractivity contribution < 1.29 is 19.4 Å². The van der Waals surface area contributed by atoms with E-state index >= 15 is 0 Å². The third kappa shape index (κ3) is 4.48. The number of carbonyl (C=O) groups excluding carboxylic acids is 2. The predicted octanol–water partition coefficient (Wildman–Crippen LogP) is 0.947. The number of ether oxygens (including phenoxy) is 1. The number of amides is 2. The van der Waals surface area contributed by atoms with Crippen LogP contribution in [0.2, 0.25) is 0 Å². The smallest absolute Gasteiger partial charge is 0.313 e.